The van der Waals surface area contributed by atoms with Crippen molar-refractivity contribution in [3.63, 3.8) is 0 Å². The number of fused-ring (bicyclic) bond motifs is 1. The quantitative estimate of drug-likeness (QED) is 0.385. The number of amides is 1. The summed E-state index contributed by atoms with van der Waals surface area (Å²) in [6.07, 6.45) is 2.01. The normalized spacial score (nSPS) is 11.5. The molecule has 1 amide bonds. The molecule has 5 aromatic rings. The monoisotopic (exact) mass is 477 g/mol. The van der Waals surface area contributed by atoms with Crippen LogP contribution in [0.15, 0.2) is 55.1 Å². The van der Waals surface area contributed by atoms with E-state index in [1.54, 1.807) is 35.7 Å². The number of benzene rings is 1. The first kappa shape index (κ1) is 22.3. The van der Waals surface area contributed by atoms with Crippen molar-refractivity contribution in [2.45, 2.75) is 26.4 Å². The van der Waals surface area contributed by atoms with Gasteiger partial charge in [0.15, 0.2) is 5.65 Å². The van der Waals surface area contributed by atoms with Crippen molar-refractivity contribution < 1.29 is 13.6 Å². The Morgan fingerprint density at radius 3 is 2.69 bits per heavy atom. The summed E-state index contributed by atoms with van der Waals surface area (Å²) >= 11 is 0. The molecule has 4 heterocycles. The molecule has 0 saturated carbocycles. The van der Waals surface area contributed by atoms with E-state index in [9.17, 15) is 13.6 Å². The first-order valence-corrected chi connectivity index (χ1v) is 10.8. The molecular formula is C23H21F2N9O. The SMILES string of the molecule is Cc1nn(CC(=O)Nc2ncn(Cc3ccccc3)n2)c2nc(-c3cnn(C)c3)cc(C(F)F)c12. The van der Waals surface area contributed by atoms with Gasteiger partial charge in [0.25, 0.3) is 6.43 Å². The largest absolute Gasteiger partial charge is 0.292 e. The van der Waals surface area contributed by atoms with Crippen LogP contribution in [0.1, 0.15) is 23.2 Å². The minimum absolute atomic E-state index is 0.136. The lowest BCUT2D eigenvalue weighted by molar-refractivity contribution is -0.116. The third-order valence-electron chi connectivity index (χ3n) is 5.41. The van der Waals surface area contributed by atoms with Gasteiger partial charge in [-0.15, -0.1) is 5.10 Å². The second kappa shape index (κ2) is 9.05. The van der Waals surface area contributed by atoms with E-state index in [1.165, 1.54) is 17.1 Å². The number of nitrogens with zero attached hydrogens (tertiary/aromatic N) is 8. The molecular weight excluding hydrogens is 456 g/mol. The van der Waals surface area contributed by atoms with Gasteiger partial charge < -0.3 is 0 Å². The molecule has 1 aromatic carbocycles. The topological polar surface area (TPSA) is 108 Å². The van der Waals surface area contributed by atoms with Gasteiger partial charge in [-0.25, -0.2) is 28.1 Å². The van der Waals surface area contributed by atoms with Gasteiger partial charge in [-0.05, 0) is 18.6 Å². The lowest BCUT2D eigenvalue weighted by Gasteiger charge is -2.07. The zero-order chi connectivity index (χ0) is 24.5. The van der Waals surface area contributed by atoms with Crippen molar-refractivity contribution >= 4 is 22.9 Å². The van der Waals surface area contributed by atoms with Crippen LogP contribution in [-0.4, -0.2) is 45.2 Å². The lowest BCUT2D eigenvalue weighted by atomic mass is 10.1. The molecule has 0 spiro atoms. The maximum absolute atomic E-state index is 13.9. The Balaban J connectivity index is 1.40. The highest BCUT2D eigenvalue weighted by molar-refractivity contribution is 5.91. The van der Waals surface area contributed by atoms with Crippen LogP contribution in [0.4, 0.5) is 14.7 Å². The number of hydrogen-bond donors (Lipinski definition) is 1. The number of carbonyl (C=O) groups is 1. The maximum atomic E-state index is 13.9. The molecule has 0 fully saturated rings. The lowest BCUT2D eigenvalue weighted by Crippen LogP contribution is -2.20. The van der Waals surface area contributed by atoms with Gasteiger partial charge in [-0.2, -0.15) is 10.2 Å². The van der Waals surface area contributed by atoms with E-state index in [1.807, 2.05) is 30.3 Å². The van der Waals surface area contributed by atoms with Crippen LogP contribution in [0.5, 0.6) is 0 Å². The van der Waals surface area contributed by atoms with Crippen molar-refractivity contribution in [3.8, 4) is 11.3 Å². The van der Waals surface area contributed by atoms with Crippen molar-refractivity contribution in [3.05, 3.63) is 71.9 Å². The summed E-state index contributed by atoms with van der Waals surface area (Å²) in [5, 5.41) is 15.5. The highest BCUT2D eigenvalue weighted by atomic mass is 19.3. The number of hydrogen-bond acceptors (Lipinski definition) is 6. The molecule has 0 aliphatic heterocycles. The van der Waals surface area contributed by atoms with Gasteiger partial charge in [0.1, 0.15) is 12.9 Å². The van der Waals surface area contributed by atoms with Gasteiger partial charge in [0.2, 0.25) is 11.9 Å². The Hall–Kier alpha value is -4.48. The number of halogens is 2. The molecule has 4 aromatic heterocycles. The number of alkyl halides is 2. The van der Waals surface area contributed by atoms with E-state index >= 15 is 0 Å². The summed E-state index contributed by atoms with van der Waals surface area (Å²) in [6.45, 7) is 1.87. The van der Waals surface area contributed by atoms with E-state index in [4.69, 9.17) is 0 Å². The fourth-order valence-electron chi connectivity index (χ4n) is 3.87. The van der Waals surface area contributed by atoms with Gasteiger partial charge >= 0.3 is 0 Å². The molecule has 5 rings (SSSR count). The average molecular weight is 477 g/mol. The molecule has 10 nitrogen and oxygen atoms in total. The van der Waals surface area contributed by atoms with Crippen molar-refractivity contribution in [1.82, 2.24) is 39.3 Å². The first-order chi connectivity index (χ1) is 16.9. The smallest absolute Gasteiger partial charge is 0.264 e. The molecule has 12 heteroatoms. The van der Waals surface area contributed by atoms with Gasteiger partial charge in [0.05, 0.1) is 29.5 Å². The predicted octanol–water partition coefficient (Wildman–Crippen LogP) is 3.36. The third kappa shape index (κ3) is 4.63. The maximum Gasteiger partial charge on any atom is 0.264 e. The number of pyridine rings is 1. The zero-order valence-electron chi connectivity index (χ0n) is 18.9. The number of rotatable bonds is 7. The number of carbonyl (C=O) groups excluding carboxylic acids is 1. The van der Waals surface area contributed by atoms with E-state index in [-0.39, 0.29) is 29.1 Å². The molecule has 0 radical (unpaired) electrons. The summed E-state index contributed by atoms with van der Waals surface area (Å²) in [7, 11) is 1.73. The number of nitrogens with one attached hydrogen (secondary N) is 1. The zero-order valence-corrected chi connectivity index (χ0v) is 18.9. The number of aromatic nitrogens is 8. The fourth-order valence-corrected chi connectivity index (χ4v) is 3.87. The van der Waals surface area contributed by atoms with Crippen molar-refractivity contribution in [2.75, 3.05) is 5.32 Å². The third-order valence-corrected chi connectivity index (χ3v) is 5.41. The summed E-state index contributed by atoms with van der Waals surface area (Å²) in [6, 6.07) is 11.1. The molecule has 0 saturated heterocycles. The Labute approximate surface area is 198 Å². The van der Waals surface area contributed by atoms with Crippen molar-refractivity contribution in [1.29, 1.82) is 0 Å². The Bertz CT molecular complexity index is 1500. The fraction of sp³-hybridized carbons (Fsp3) is 0.217. The standard InChI is InChI=1S/C23H21F2N9O/c1-14-20-17(21(24)25)8-18(16-9-27-32(2)11-16)28-22(20)34(30-14)12-19(35)29-23-26-13-33(31-23)10-15-6-4-3-5-7-15/h3-9,11,13,21H,10,12H2,1-2H3,(H,29,31,35). The second-order valence-corrected chi connectivity index (χ2v) is 8.04. The van der Waals surface area contributed by atoms with Crippen LogP contribution in [-0.2, 0) is 24.9 Å². The summed E-state index contributed by atoms with van der Waals surface area (Å²) in [4.78, 5) is 21.4. The molecule has 1 N–H and O–H groups in total. The Kier molecular flexibility index (Phi) is 5.77. The molecule has 0 unspecified atom stereocenters. The number of aryl methyl sites for hydroxylation is 2. The summed E-state index contributed by atoms with van der Waals surface area (Å²) < 4.78 is 32.3. The molecule has 178 valence electrons. The molecule has 0 atom stereocenters. The highest BCUT2D eigenvalue weighted by Crippen LogP contribution is 2.32. The molecule has 35 heavy (non-hydrogen) atoms. The molecule has 0 aliphatic rings. The van der Waals surface area contributed by atoms with Crippen LogP contribution in [0.2, 0.25) is 0 Å². The van der Waals surface area contributed by atoms with Gasteiger partial charge in [0, 0.05) is 24.4 Å². The van der Waals surface area contributed by atoms with E-state index in [2.05, 4.69) is 30.6 Å². The van der Waals surface area contributed by atoms with E-state index < -0.39 is 12.3 Å². The molecule has 0 aliphatic carbocycles. The highest BCUT2D eigenvalue weighted by Gasteiger charge is 2.22. The van der Waals surface area contributed by atoms with Crippen molar-refractivity contribution in [2.24, 2.45) is 7.05 Å². The minimum Gasteiger partial charge on any atom is -0.292 e. The van der Waals surface area contributed by atoms with E-state index in [0.29, 0.717) is 23.5 Å². The molecule has 0 bridgehead atoms. The predicted molar refractivity (Wildman–Crippen MR) is 124 cm³/mol. The Morgan fingerprint density at radius 1 is 1.17 bits per heavy atom. The number of anilines is 1. The average Bonchev–Trinajstić information content (AvgIpc) is 3.54. The summed E-state index contributed by atoms with van der Waals surface area (Å²) in [5.41, 5.74) is 2.30. The van der Waals surface area contributed by atoms with Gasteiger partial charge in [-0.1, -0.05) is 30.3 Å². The summed E-state index contributed by atoms with van der Waals surface area (Å²) in [5.74, 6) is -0.324. The second-order valence-electron chi connectivity index (χ2n) is 8.04. The van der Waals surface area contributed by atoms with E-state index in [0.717, 1.165) is 5.56 Å². The van der Waals surface area contributed by atoms with Crippen LogP contribution >= 0.6 is 0 Å². The first-order valence-electron chi connectivity index (χ1n) is 10.8. The minimum atomic E-state index is -2.74. The van der Waals surface area contributed by atoms with Crippen LogP contribution in [0.3, 0.4) is 0 Å². The van der Waals surface area contributed by atoms with Crippen LogP contribution in [0, 0.1) is 6.92 Å². The Morgan fingerprint density at radius 2 is 1.97 bits per heavy atom. The van der Waals surface area contributed by atoms with Crippen LogP contribution in [0.25, 0.3) is 22.3 Å². The van der Waals surface area contributed by atoms with Crippen LogP contribution < -0.4 is 5.32 Å². The van der Waals surface area contributed by atoms with Gasteiger partial charge in [-0.3, -0.25) is 14.8 Å².